The van der Waals surface area contributed by atoms with E-state index in [9.17, 15) is 19.0 Å². The molecule has 1 unspecified atom stereocenters. The second-order valence-electron chi connectivity index (χ2n) is 15.0. The van der Waals surface area contributed by atoms with Crippen LogP contribution in [0.5, 0.6) is 0 Å². The van der Waals surface area contributed by atoms with E-state index in [1.807, 2.05) is 21.1 Å². The van der Waals surface area contributed by atoms with Crippen molar-refractivity contribution in [2.24, 2.45) is 0 Å². The summed E-state index contributed by atoms with van der Waals surface area (Å²) in [5.74, 6) is -0.858. The smallest absolute Gasteiger partial charge is 0.462 e. The summed E-state index contributed by atoms with van der Waals surface area (Å²) in [6, 6.07) is 0. The summed E-state index contributed by atoms with van der Waals surface area (Å²) in [6.45, 7) is 4.22. The molecule has 312 valence electrons. The Morgan fingerprint density at radius 2 is 1.06 bits per heavy atom. The van der Waals surface area contributed by atoms with Gasteiger partial charge in [0.15, 0.2) is 6.10 Å². The number of hydrogen-bond acceptors (Lipinski definition) is 7. The van der Waals surface area contributed by atoms with E-state index >= 15 is 0 Å². The van der Waals surface area contributed by atoms with Gasteiger partial charge in [-0.15, -0.1) is 0 Å². The summed E-state index contributed by atoms with van der Waals surface area (Å²) in [5, 5.41) is 0. The van der Waals surface area contributed by atoms with Crippen LogP contribution in [0.3, 0.4) is 0 Å². The molecule has 1 N–H and O–H groups in total. The van der Waals surface area contributed by atoms with Crippen molar-refractivity contribution >= 4 is 19.8 Å². The zero-order valence-electron chi connectivity index (χ0n) is 34.9. The van der Waals surface area contributed by atoms with Crippen LogP contribution in [0.1, 0.15) is 155 Å². The summed E-state index contributed by atoms with van der Waals surface area (Å²) in [5.41, 5.74) is 0. The number of carbonyl (C=O) groups excluding carboxylic acids is 2. The van der Waals surface area contributed by atoms with Crippen LogP contribution in [0.2, 0.25) is 0 Å². The van der Waals surface area contributed by atoms with Crippen LogP contribution in [0, 0.1) is 0 Å². The Balaban J connectivity index is 4.47. The quantitative estimate of drug-likeness (QED) is 0.0218. The molecule has 10 heteroatoms. The average Bonchev–Trinajstić information content (AvgIpc) is 3.12. The number of rotatable bonds is 37. The van der Waals surface area contributed by atoms with Crippen LogP contribution in [-0.2, 0) is 32.7 Å². The maximum absolute atomic E-state index is 12.7. The fourth-order valence-electron chi connectivity index (χ4n) is 5.23. The van der Waals surface area contributed by atoms with Gasteiger partial charge in [0.05, 0.1) is 27.7 Å². The zero-order valence-corrected chi connectivity index (χ0v) is 35.8. The number of quaternary nitrogens is 1. The van der Waals surface area contributed by atoms with Crippen molar-refractivity contribution in [3.63, 3.8) is 0 Å². The lowest BCUT2D eigenvalue weighted by molar-refractivity contribution is -0.870. The lowest BCUT2D eigenvalue weighted by Crippen LogP contribution is -2.37. The van der Waals surface area contributed by atoms with Crippen molar-refractivity contribution in [1.82, 2.24) is 0 Å². The first-order valence-electron chi connectivity index (χ1n) is 21.0. The molecular formula is C44H79NO8P+. The van der Waals surface area contributed by atoms with Gasteiger partial charge in [0.1, 0.15) is 19.8 Å². The molecule has 54 heavy (non-hydrogen) atoms. The number of phosphoric ester groups is 1. The number of likely N-dealkylation sites (N-methyl/N-ethyl adjacent to an activating group) is 1. The highest BCUT2D eigenvalue weighted by Gasteiger charge is 2.27. The van der Waals surface area contributed by atoms with Gasteiger partial charge in [-0.1, -0.05) is 126 Å². The first-order valence-corrected chi connectivity index (χ1v) is 22.5. The van der Waals surface area contributed by atoms with Crippen LogP contribution in [0.25, 0.3) is 0 Å². The van der Waals surface area contributed by atoms with Crippen LogP contribution < -0.4 is 0 Å². The molecule has 0 amide bonds. The number of esters is 2. The largest absolute Gasteiger partial charge is 0.472 e. The van der Waals surface area contributed by atoms with Crippen molar-refractivity contribution in [2.75, 3.05) is 47.5 Å². The Bertz CT molecular complexity index is 1110. The lowest BCUT2D eigenvalue weighted by Gasteiger charge is -2.24. The molecular weight excluding hydrogens is 701 g/mol. The van der Waals surface area contributed by atoms with E-state index in [2.05, 4.69) is 74.6 Å². The molecule has 0 aromatic heterocycles. The molecule has 0 saturated carbocycles. The zero-order chi connectivity index (χ0) is 40.0. The fourth-order valence-corrected chi connectivity index (χ4v) is 5.97. The Hall–Kier alpha value is -2.29. The molecule has 0 aromatic rings. The predicted molar refractivity (Wildman–Crippen MR) is 224 cm³/mol. The fraction of sp³-hybridized carbons (Fsp3) is 0.727. The van der Waals surface area contributed by atoms with E-state index in [1.165, 1.54) is 51.4 Å². The summed E-state index contributed by atoms with van der Waals surface area (Å²) in [7, 11) is 1.44. The van der Waals surface area contributed by atoms with Gasteiger partial charge < -0.3 is 18.9 Å². The van der Waals surface area contributed by atoms with E-state index in [-0.39, 0.29) is 26.1 Å². The second kappa shape index (κ2) is 36.4. The van der Waals surface area contributed by atoms with Crippen LogP contribution >= 0.6 is 7.82 Å². The van der Waals surface area contributed by atoms with E-state index in [4.69, 9.17) is 18.5 Å². The molecule has 0 saturated heterocycles. The number of carbonyl (C=O) groups is 2. The van der Waals surface area contributed by atoms with Crippen molar-refractivity contribution in [1.29, 1.82) is 0 Å². The normalized spacial score (nSPS) is 14.3. The SMILES string of the molecule is CC/C=C\C/C=C\C/C=C\C/C=C\CCCCC(=O)OC[C@H](COP(=O)(O)OCC[N+](C)(C)C)OC(=O)CCCCCCCCC/C=C\CCCCCC. The minimum atomic E-state index is -4.38. The average molecular weight is 781 g/mol. The van der Waals surface area contributed by atoms with Gasteiger partial charge in [-0.3, -0.25) is 18.6 Å². The maximum Gasteiger partial charge on any atom is 0.472 e. The Morgan fingerprint density at radius 1 is 0.593 bits per heavy atom. The topological polar surface area (TPSA) is 108 Å². The molecule has 0 spiro atoms. The summed E-state index contributed by atoms with van der Waals surface area (Å²) in [6.07, 6.45) is 42.7. The molecule has 2 atom stereocenters. The molecule has 0 aromatic carbocycles. The number of phosphoric acid groups is 1. The Morgan fingerprint density at radius 3 is 1.63 bits per heavy atom. The summed E-state index contributed by atoms with van der Waals surface area (Å²) in [4.78, 5) is 35.3. The number of hydrogen-bond donors (Lipinski definition) is 1. The van der Waals surface area contributed by atoms with Crippen LogP contribution in [0.4, 0.5) is 0 Å². The molecule has 0 bridgehead atoms. The van der Waals surface area contributed by atoms with E-state index in [0.29, 0.717) is 23.9 Å². The first kappa shape index (κ1) is 51.7. The summed E-state index contributed by atoms with van der Waals surface area (Å²) < 4.78 is 34.2. The van der Waals surface area contributed by atoms with Gasteiger partial charge in [-0.05, 0) is 77.0 Å². The number of nitrogens with zero attached hydrogens (tertiary/aromatic N) is 1. The number of unbranched alkanes of at least 4 members (excludes halogenated alkanes) is 13. The molecule has 0 aliphatic rings. The molecule has 9 nitrogen and oxygen atoms in total. The van der Waals surface area contributed by atoms with Crippen molar-refractivity contribution in [3.05, 3.63) is 60.8 Å². The third-order valence-corrected chi connectivity index (χ3v) is 9.52. The molecule has 0 heterocycles. The van der Waals surface area contributed by atoms with Gasteiger partial charge in [-0.2, -0.15) is 0 Å². The molecule has 0 radical (unpaired) electrons. The monoisotopic (exact) mass is 781 g/mol. The van der Waals surface area contributed by atoms with Crippen LogP contribution in [-0.4, -0.2) is 74.9 Å². The van der Waals surface area contributed by atoms with E-state index in [0.717, 1.165) is 64.2 Å². The van der Waals surface area contributed by atoms with Gasteiger partial charge in [0.25, 0.3) is 0 Å². The van der Waals surface area contributed by atoms with E-state index in [1.54, 1.807) is 0 Å². The Kier molecular flexibility index (Phi) is 34.8. The maximum atomic E-state index is 12.7. The third kappa shape index (κ3) is 39.4. The minimum Gasteiger partial charge on any atom is -0.462 e. The lowest BCUT2D eigenvalue weighted by atomic mass is 10.1. The van der Waals surface area contributed by atoms with Crippen molar-refractivity contribution < 1.29 is 42.1 Å². The van der Waals surface area contributed by atoms with E-state index < -0.39 is 32.5 Å². The summed E-state index contributed by atoms with van der Waals surface area (Å²) >= 11 is 0. The number of allylic oxidation sites excluding steroid dienone is 10. The third-order valence-electron chi connectivity index (χ3n) is 8.53. The molecule has 0 fully saturated rings. The highest BCUT2D eigenvalue weighted by Crippen LogP contribution is 2.43. The first-order chi connectivity index (χ1) is 26.0. The molecule has 0 rings (SSSR count). The van der Waals surface area contributed by atoms with Crippen LogP contribution in [0.15, 0.2) is 60.8 Å². The molecule has 0 aliphatic heterocycles. The highest BCUT2D eigenvalue weighted by atomic mass is 31.2. The second-order valence-corrected chi connectivity index (χ2v) is 16.4. The highest BCUT2D eigenvalue weighted by molar-refractivity contribution is 7.47. The Labute approximate surface area is 330 Å². The van der Waals surface area contributed by atoms with Gasteiger partial charge in [0, 0.05) is 12.8 Å². The van der Waals surface area contributed by atoms with Gasteiger partial charge in [-0.25, -0.2) is 4.57 Å². The minimum absolute atomic E-state index is 0.0217. The number of ether oxygens (including phenoxy) is 2. The van der Waals surface area contributed by atoms with Gasteiger partial charge >= 0.3 is 19.8 Å². The van der Waals surface area contributed by atoms with Crippen molar-refractivity contribution in [3.8, 4) is 0 Å². The predicted octanol–water partition coefficient (Wildman–Crippen LogP) is 11.7. The standard InChI is InChI=1S/C44H78NO8P/c1-6-8-10-12-14-16-18-20-22-24-26-28-30-32-34-36-43(46)50-40-42(41-52-54(48,49)51-39-38-45(3,4)5)53-44(47)37-35-33-31-29-27-25-23-21-19-17-15-13-11-9-7-2/h8,10,14,16-17,19-20,22,26,28,42H,6-7,9,11-13,15,18,21,23-25,27,29-41H2,1-5H3/p+1/b10-8-,16-14-,19-17-,22-20-,28-26-/t42-/m1/s1. The van der Waals surface area contributed by atoms with Gasteiger partial charge in [0.2, 0.25) is 0 Å². The molecule has 0 aliphatic carbocycles. The van der Waals surface area contributed by atoms with Crippen molar-refractivity contribution in [2.45, 2.75) is 161 Å².